The Balaban J connectivity index is 1.78. The minimum atomic E-state index is -1.06. The van der Waals surface area contributed by atoms with Gasteiger partial charge < -0.3 is 5.11 Å². The third kappa shape index (κ3) is 3.70. The van der Waals surface area contributed by atoms with Gasteiger partial charge in [-0.15, -0.1) is 5.10 Å². The lowest BCUT2D eigenvalue weighted by Gasteiger charge is -2.38. The second kappa shape index (κ2) is 6.90. The first-order valence-corrected chi connectivity index (χ1v) is 8.47. The number of piperidine rings is 1. The molecule has 2 aromatic rings. The Bertz CT molecular complexity index is 797. The number of aliphatic hydroxyl groups is 1. The van der Waals surface area contributed by atoms with Gasteiger partial charge in [-0.05, 0) is 50.9 Å². The molecule has 1 aliphatic rings. The average Bonchev–Trinajstić information content (AvgIpc) is 3.08. The first-order valence-electron chi connectivity index (χ1n) is 8.47. The summed E-state index contributed by atoms with van der Waals surface area (Å²) in [5, 5.41) is 28.5. The quantitative estimate of drug-likeness (QED) is 0.922. The van der Waals surface area contributed by atoms with Crippen molar-refractivity contribution in [1.82, 2.24) is 19.9 Å². The predicted octanol–water partition coefficient (Wildman–Crippen LogP) is 2.35. The van der Waals surface area contributed by atoms with E-state index < -0.39 is 11.4 Å². The summed E-state index contributed by atoms with van der Waals surface area (Å²) in [5.41, 5.74) is 0.613. The van der Waals surface area contributed by atoms with Crippen molar-refractivity contribution in [2.45, 2.75) is 44.9 Å². The number of aromatic nitrogens is 3. The Morgan fingerprint density at radius 2 is 2.24 bits per heavy atom. The van der Waals surface area contributed by atoms with Gasteiger partial charge in [0.25, 0.3) is 0 Å². The molecular formula is C18H22FN5O. The molecule has 7 heteroatoms. The van der Waals surface area contributed by atoms with Crippen molar-refractivity contribution in [3.63, 3.8) is 0 Å². The SMILES string of the molecule is CC(C)n1cc([C@@]2(O)CCCN(Cc3ccc(F)cc3C#N)C2)nn1. The zero-order chi connectivity index (χ0) is 18.0. The summed E-state index contributed by atoms with van der Waals surface area (Å²) in [6.07, 6.45) is 3.23. The Kier molecular flexibility index (Phi) is 4.84. The molecule has 25 heavy (non-hydrogen) atoms. The van der Waals surface area contributed by atoms with Crippen LogP contribution < -0.4 is 0 Å². The monoisotopic (exact) mass is 343 g/mol. The van der Waals surface area contributed by atoms with E-state index >= 15 is 0 Å². The number of benzene rings is 1. The van der Waals surface area contributed by atoms with Gasteiger partial charge in [-0.25, -0.2) is 9.07 Å². The highest BCUT2D eigenvalue weighted by molar-refractivity contribution is 5.38. The minimum Gasteiger partial charge on any atom is -0.382 e. The van der Waals surface area contributed by atoms with Crippen LogP contribution in [0.4, 0.5) is 4.39 Å². The standard InChI is InChI=1S/C18H22FN5O/c1-13(2)24-11-17(21-22-24)18(25)6-3-7-23(12-18)10-14-4-5-16(19)8-15(14)9-20/h4-5,8,11,13,25H,3,6-7,10,12H2,1-2H3/t18-/m1/s1. The summed E-state index contributed by atoms with van der Waals surface area (Å²) in [5.74, 6) is -0.416. The normalized spacial score (nSPS) is 21.4. The van der Waals surface area contributed by atoms with Crippen LogP contribution in [0.5, 0.6) is 0 Å². The molecule has 3 rings (SSSR count). The maximum absolute atomic E-state index is 13.3. The first kappa shape index (κ1) is 17.5. The summed E-state index contributed by atoms with van der Waals surface area (Å²) in [6.45, 7) is 5.72. The van der Waals surface area contributed by atoms with Gasteiger partial charge >= 0.3 is 0 Å². The van der Waals surface area contributed by atoms with E-state index in [4.69, 9.17) is 0 Å². The largest absolute Gasteiger partial charge is 0.382 e. The fourth-order valence-corrected chi connectivity index (χ4v) is 3.24. The van der Waals surface area contributed by atoms with Crippen LogP contribution in [-0.2, 0) is 12.1 Å². The van der Waals surface area contributed by atoms with E-state index in [0.29, 0.717) is 30.8 Å². The molecule has 1 fully saturated rings. The summed E-state index contributed by atoms with van der Waals surface area (Å²) in [6, 6.07) is 6.47. The van der Waals surface area contributed by atoms with Crippen LogP contribution in [0.2, 0.25) is 0 Å². The molecule has 6 nitrogen and oxygen atoms in total. The smallest absolute Gasteiger partial charge is 0.124 e. The van der Waals surface area contributed by atoms with Crippen LogP contribution in [0.25, 0.3) is 0 Å². The average molecular weight is 343 g/mol. The molecule has 0 unspecified atom stereocenters. The van der Waals surface area contributed by atoms with Crippen molar-refractivity contribution in [2.75, 3.05) is 13.1 Å². The number of rotatable bonds is 4. The van der Waals surface area contributed by atoms with Crippen molar-refractivity contribution < 1.29 is 9.50 Å². The minimum absolute atomic E-state index is 0.182. The van der Waals surface area contributed by atoms with Gasteiger partial charge in [0.15, 0.2) is 0 Å². The van der Waals surface area contributed by atoms with Crippen molar-refractivity contribution in [3.05, 3.63) is 47.0 Å². The van der Waals surface area contributed by atoms with Gasteiger partial charge in [0, 0.05) is 19.1 Å². The topological polar surface area (TPSA) is 78.0 Å². The van der Waals surface area contributed by atoms with Gasteiger partial charge in [0.05, 0.1) is 17.8 Å². The molecule has 0 bridgehead atoms. The molecule has 0 aliphatic carbocycles. The Labute approximate surface area is 146 Å². The van der Waals surface area contributed by atoms with E-state index in [1.165, 1.54) is 12.1 Å². The number of likely N-dealkylation sites (tertiary alicyclic amines) is 1. The second-order valence-corrected chi connectivity index (χ2v) is 6.94. The number of halogens is 1. The number of nitriles is 1. The molecule has 1 atom stereocenters. The Morgan fingerprint density at radius 3 is 2.92 bits per heavy atom. The third-order valence-corrected chi connectivity index (χ3v) is 4.65. The Morgan fingerprint density at radius 1 is 1.44 bits per heavy atom. The maximum atomic E-state index is 13.3. The molecule has 2 heterocycles. The van der Waals surface area contributed by atoms with Crippen LogP contribution >= 0.6 is 0 Å². The van der Waals surface area contributed by atoms with E-state index in [1.54, 1.807) is 16.9 Å². The van der Waals surface area contributed by atoms with E-state index in [1.807, 2.05) is 19.9 Å². The molecular weight excluding hydrogens is 321 g/mol. The highest BCUT2D eigenvalue weighted by atomic mass is 19.1. The van der Waals surface area contributed by atoms with Gasteiger partial charge in [-0.1, -0.05) is 11.3 Å². The number of nitrogens with zero attached hydrogens (tertiary/aromatic N) is 5. The van der Waals surface area contributed by atoms with E-state index in [0.717, 1.165) is 18.5 Å². The van der Waals surface area contributed by atoms with Gasteiger partial charge in [0.2, 0.25) is 0 Å². The van der Waals surface area contributed by atoms with Crippen LogP contribution in [0.1, 0.15) is 49.6 Å². The summed E-state index contributed by atoms with van der Waals surface area (Å²) in [7, 11) is 0. The lowest BCUT2D eigenvalue weighted by Crippen LogP contribution is -2.46. The lowest BCUT2D eigenvalue weighted by molar-refractivity contribution is -0.0414. The lowest BCUT2D eigenvalue weighted by atomic mass is 9.89. The fraction of sp³-hybridized carbons (Fsp3) is 0.500. The van der Waals surface area contributed by atoms with E-state index in [2.05, 4.69) is 15.2 Å². The summed E-state index contributed by atoms with van der Waals surface area (Å²) < 4.78 is 15.0. The maximum Gasteiger partial charge on any atom is 0.124 e. The van der Waals surface area contributed by atoms with Crippen molar-refractivity contribution in [1.29, 1.82) is 5.26 Å². The zero-order valence-corrected chi connectivity index (χ0v) is 14.5. The molecule has 0 spiro atoms. The fourth-order valence-electron chi connectivity index (χ4n) is 3.24. The first-order chi connectivity index (χ1) is 11.9. The van der Waals surface area contributed by atoms with Crippen molar-refractivity contribution in [3.8, 4) is 6.07 Å². The van der Waals surface area contributed by atoms with Gasteiger partial charge in [-0.2, -0.15) is 5.26 Å². The van der Waals surface area contributed by atoms with Crippen molar-refractivity contribution in [2.24, 2.45) is 0 Å². The molecule has 1 saturated heterocycles. The number of hydrogen-bond acceptors (Lipinski definition) is 5. The molecule has 0 amide bonds. The van der Waals surface area contributed by atoms with Crippen LogP contribution in [0, 0.1) is 17.1 Å². The van der Waals surface area contributed by atoms with Crippen LogP contribution in [0.15, 0.2) is 24.4 Å². The highest BCUT2D eigenvalue weighted by Gasteiger charge is 2.37. The van der Waals surface area contributed by atoms with Gasteiger partial charge in [-0.3, -0.25) is 4.90 Å². The van der Waals surface area contributed by atoms with Crippen LogP contribution in [-0.4, -0.2) is 38.1 Å². The molecule has 1 aromatic carbocycles. The summed E-state index contributed by atoms with van der Waals surface area (Å²) in [4.78, 5) is 2.08. The third-order valence-electron chi connectivity index (χ3n) is 4.65. The molecule has 1 N–H and O–H groups in total. The molecule has 132 valence electrons. The molecule has 1 aliphatic heterocycles. The molecule has 1 aromatic heterocycles. The zero-order valence-electron chi connectivity index (χ0n) is 14.5. The Hall–Kier alpha value is -2.30. The van der Waals surface area contributed by atoms with Crippen molar-refractivity contribution >= 4 is 0 Å². The summed E-state index contributed by atoms with van der Waals surface area (Å²) >= 11 is 0. The van der Waals surface area contributed by atoms with E-state index in [9.17, 15) is 14.8 Å². The van der Waals surface area contributed by atoms with Crippen LogP contribution in [0.3, 0.4) is 0 Å². The highest BCUT2D eigenvalue weighted by Crippen LogP contribution is 2.31. The number of hydrogen-bond donors (Lipinski definition) is 1. The van der Waals surface area contributed by atoms with E-state index in [-0.39, 0.29) is 6.04 Å². The molecule has 0 radical (unpaired) electrons. The predicted molar refractivity (Wildman–Crippen MR) is 89.9 cm³/mol. The second-order valence-electron chi connectivity index (χ2n) is 6.94. The number of β-amino-alcohol motifs (C(OH)–C–C–N with tert-alkyl or cyclic N) is 1. The molecule has 0 saturated carbocycles. The van der Waals surface area contributed by atoms with Gasteiger partial charge in [0.1, 0.15) is 17.1 Å².